The molecule has 4 aromatic rings. The number of amides is 1. The molecule has 0 aliphatic heterocycles. The van der Waals surface area contributed by atoms with Crippen molar-refractivity contribution in [2.75, 3.05) is 6.54 Å². The number of hydrogen-bond donors (Lipinski definition) is 1. The summed E-state index contributed by atoms with van der Waals surface area (Å²) in [6.07, 6.45) is 0.144. The van der Waals surface area contributed by atoms with Gasteiger partial charge >= 0.3 is 6.18 Å². The minimum Gasteiger partial charge on any atom is -0.352 e. The summed E-state index contributed by atoms with van der Waals surface area (Å²) in [5.74, 6) is -0.271. The topological polar surface area (TPSA) is 77.1 Å². The highest BCUT2D eigenvalue weighted by atomic mass is 35.5. The van der Waals surface area contributed by atoms with E-state index in [0.29, 0.717) is 28.1 Å². The van der Waals surface area contributed by atoms with Crippen LogP contribution in [-0.4, -0.2) is 36.8 Å². The molecule has 0 unspecified atom stereocenters. The summed E-state index contributed by atoms with van der Waals surface area (Å²) in [4.78, 5) is 17.1. The lowest BCUT2D eigenvalue weighted by molar-refractivity contribution is -0.142. The van der Waals surface area contributed by atoms with Gasteiger partial charge in [-0.05, 0) is 24.0 Å². The molecular formula is C23H22ClF3N6O. The summed E-state index contributed by atoms with van der Waals surface area (Å²) in [7, 11) is 0. The van der Waals surface area contributed by atoms with Gasteiger partial charge in [-0.2, -0.15) is 23.4 Å². The summed E-state index contributed by atoms with van der Waals surface area (Å²) >= 11 is 5.82. The number of hydrogen-bond acceptors (Lipinski definition) is 4. The van der Waals surface area contributed by atoms with E-state index in [1.165, 1.54) is 6.20 Å². The number of nitrogens with zero attached hydrogens (tertiary/aromatic N) is 5. The van der Waals surface area contributed by atoms with Crippen LogP contribution in [0.15, 0.2) is 48.9 Å². The Kier molecular flexibility index (Phi) is 6.60. The van der Waals surface area contributed by atoms with Crippen molar-refractivity contribution in [3.8, 4) is 11.3 Å². The number of nitrogens with one attached hydrogen (secondary N) is 1. The Morgan fingerprint density at radius 3 is 2.50 bits per heavy atom. The predicted octanol–water partition coefficient (Wildman–Crippen LogP) is 5.21. The molecule has 178 valence electrons. The third-order valence-corrected chi connectivity index (χ3v) is 5.53. The van der Waals surface area contributed by atoms with Crippen molar-refractivity contribution in [1.82, 2.24) is 29.7 Å². The van der Waals surface area contributed by atoms with Gasteiger partial charge in [0, 0.05) is 24.8 Å². The van der Waals surface area contributed by atoms with Crippen LogP contribution in [0.2, 0.25) is 5.02 Å². The first-order valence-corrected chi connectivity index (χ1v) is 11.0. The highest BCUT2D eigenvalue weighted by molar-refractivity contribution is 6.30. The van der Waals surface area contributed by atoms with Crippen molar-refractivity contribution in [2.45, 2.75) is 38.9 Å². The number of rotatable bonds is 7. The Morgan fingerprint density at radius 1 is 1.15 bits per heavy atom. The minimum absolute atomic E-state index is 0.0340. The number of fused-ring (bicyclic) bond motifs is 1. The molecule has 0 fully saturated rings. The van der Waals surface area contributed by atoms with Gasteiger partial charge in [0.25, 0.3) is 5.91 Å². The van der Waals surface area contributed by atoms with E-state index in [1.807, 2.05) is 26.0 Å². The maximum absolute atomic E-state index is 13.8. The first-order valence-electron chi connectivity index (χ1n) is 10.7. The molecule has 3 heterocycles. The molecule has 0 aliphatic rings. The number of carbonyl (C=O) groups is 1. The average molecular weight is 491 g/mol. The van der Waals surface area contributed by atoms with Crippen LogP contribution in [0.5, 0.6) is 0 Å². The Morgan fingerprint density at radius 2 is 1.88 bits per heavy atom. The first-order chi connectivity index (χ1) is 16.1. The summed E-state index contributed by atoms with van der Waals surface area (Å²) in [5, 5.41) is 11.1. The zero-order valence-electron chi connectivity index (χ0n) is 18.5. The molecule has 0 saturated carbocycles. The van der Waals surface area contributed by atoms with Crippen LogP contribution in [-0.2, 0) is 12.7 Å². The van der Waals surface area contributed by atoms with Gasteiger partial charge in [-0.3, -0.25) is 9.48 Å². The summed E-state index contributed by atoms with van der Waals surface area (Å²) in [5.41, 5.74) is 0.489. The molecule has 0 radical (unpaired) electrons. The highest BCUT2D eigenvalue weighted by Crippen LogP contribution is 2.33. The van der Waals surface area contributed by atoms with Crippen molar-refractivity contribution in [3.05, 3.63) is 70.8 Å². The second-order valence-electron chi connectivity index (χ2n) is 8.13. The second-order valence-corrected chi connectivity index (χ2v) is 8.56. The van der Waals surface area contributed by atoms with Crippen LogP contribution < -0.4 is 5.32 Å². The van der Waals surface area contributed by atoms with Crippen molar-refractivity contribution >= 4 is 23.2 Å². The fourth-order valence-corrected chi connectivity index (χ4v) is 3.67. The van der Waals surface area contributed by atoms with E-state index >= 15 is 0 Å². The maximum atomic E-state index is 13.8. The summed E-state index contributed by atoms with van der Waals surface area (Å²) in [6, 6.07) is 8.12. The molecule has 0 aliphatic carbocycles. The van der Waals surface area contributed by atoms with Crippen LogP contribution >= 0.6 is 11.6 Å². The number of aromatic nitrogens is 5. The van der Waals surface area contributed by atoms with Crippen molar-refractivity contribution in [2.24, 2.45) is 0 Å². The van der Waals surface area contributed by atoms with E-state index < -0.39 is 17.8 Å². The molecule has 4 rings (SSSR count). The molecule has 0 bridgehead atoms. The van der Waals surface area contributed by atoms with E-state index in [1.54, 1.807) is 23.0 Å². The zero-order chi connectivity index (χ0) is 24.5. The summed E-state index contributed by atoms with van der Waals surface area (Å²) in [6.45, 7) is 4.87. The Hall–Kier alpha value is -3.40. The van der Waals surface area contributed by atoms with Gasteiger partial charge in [0.2, 0.25) is 0 Å². The molecule has 1 N–H and O–H groups in total. The molecule has 1 amide bonds. The normalized spacial score (nSPS) is 12.0. The van der Waals surface area contributed by atoms with E-state index in [-0.39, 0.29) is 29.4 Å². The van der Waals surface area contributed by atoms with Gasteiger partial charge in [0.1, 0.15) is 5.56 Å². The predicted molar refractivity (Wildman–Crippen MR) is 122 cm³/mol. The lowest BCUT2D eigenvalue weighted by Gasteiger charge is -2.12. The third kappa shape index (κ3) is 5.06. The van der Waals surface area contributed by atoms with Crippen LogP contribution in [0.25, 0.3) is 16.9 Å². The largest absolute Gasteiger partial charge is 0.433 e. The van der Waals surface area contributed by atoms with Crippen LogP contribution in [0.4, 0.5) is 13.2 Å². The van der Waals surface area contributed by atoms with Gasteiger partial charge in [0.05, 0.1) is 23.1 Å². The number of aryl methyl sites for hydroxylation is 1. The smallest absolute Gasteiger partial charge is 0.352 e. The molecule has 0 spiro atoms. The number of benzene rings is 1. The van der Waals surface area contributed by atoms with Gasteiger partial charge in [-0.15, -0.1) is 0 Å². The first kappa shape index (κ1) is 23.7. The molecule has 34 heavy (non-hydrogen) atoms. The molecule has 0 atom stereocenters. The molecular weight excluding hydrogens is 469 g/mol. The second kappa shape index (κ2) is 9.46. The van der Waals surface area contributed by atoms with E-state index in [4.69, 9.17) is 11.6 Å². The number of carbonyl (C=O) groups excluding carboxylic acids is 1. The lowest BCUT2D eigenvalue weighted by atomic mass is 10.0. The quantitative estimate of drug-likeness (QED) is 0.361. The molecule has 7 nitrogen and oxygen atoms in total. The Labute approximate surface area is 198 Å². The standard InChI is InChI=1S/C23H22ClF3N6O/c1-14(2)15-4-6-16(7-5-15)19-10-20(23(25,26)27)33-21(31-19)18(12-30-33)22(34)28-8-3-9-32-13-17(24)11-29-32/h4-7,10-14H,3,8-9H2,1-2H3,(H,28,34). The van der Waals surface area contributed by atoms with E-state index in [9.17, 15) is 18.0 Å². The summed E-state index contributed by atoms with van der Waals surface area (Å²) < 4.78 is 43.7. The molecule has 3 aromatic heterocycles. The van der Waals surface area contributed by atoms with Crippen LogP contribution in [0.3, 0.4) is 0 Å². The third-order valence-electron chi connectivity index (χ3n) is 5.33. The van der Waals surface area contributed by atoms with Gasteiger partial charge in [-0.25, -0.2) is 9.50 Å². The monoisotopic (exact) mass is 490 g/mol. The average Bonchev–Trinajstić information content (AvgIpc) is 3.41. The number of halogens is 4. The van der Waals surface area contributed by atoms with E-state index in [0.717, 1.165) is 17.8 Å². The highest BCUT2D eigenvalue weighted by Gasteiger charge is 2.36. The van der Waals surface area contributed by atoms with Crippen molar-refractivity contribution < 1.29 is 18.0 Å². The number of alkyl halides is 3. The van der Waals surface area contributed by atoms with Gasteiger partial charge in [-0.1, -0.05) is 49.7 Å². The Bertz CT molecular complexity index is 1310. The van der Waals surface area contributed by atoms with Crippen LogP contribution in [0.1, 0.15) is 47.8 Å². The molecule has 0 saturated heterocycles. The van der Waals surface area contributed by atoms with Crippen molar-refractivity contribution in [3.63, 3.8) is 0 Å². The molecule has 11 heteroatoms. The maximum Gasteiger partial charge on any atom is 0.433 e. The minimum atomic E-state index is -4.68. The Balaban J connectivity index is 1.61. The van der Waals surface area contributed by atoms with Gasteiger partial charge < -0.3 is 5.32 Å². The fourth-order valence-electron chi connectivity index (χ4n) is 3.51. The van der Waals surface area contributed by atoms with Crippen molar-refractivity contribution in [1.29, 1.82) is 0 Å². The zero-order valence-corrected chi connectivity index (χ0v) is 19.2. The lowest BCUT2D eigenvalue weighted by Crippen LogP contribution is -2.25. The SMILES string of the molecule is CC(C)c1ccc(-c2cc(C(F)(F)F)n3ncc(C(=O)NCCCn4cc(Cl)cn4)c3n2)cc1. The fraction of sp³-hybridized carbons (Fsp3) is 0.304. The van der Waals surface area contributed by atoms with Gasteiger partial charge in [0.15, 0.2) is 11.3 Å². The van der Waals surface area contributed by atoms with Crippen LogP contribution in [0, 0.1) is 0 Å². The molecule has 1 aromatic carbocycles. The van der Waals surface area contributed by atoms with E-state index in [2.05, 4.69) is 20.5 Å².